The molecule has 3 heteroatoms. The van der Waals surface area contributed by atoms with Crippen molar-refractivity contribution in [3.8, 4) is 17.1 Å². The average molecular weight is 264 g/mol. The highest BCUT2D eigenvalue weighted by molar-refractivity contribution is 5.88. The number of ether oxygens (including phenoxy) is 1. The minimum Gasteiger partial charge on any atom is -0.449 e. The summed E-state index contributed by atoms with van der Waals surface area (Å²) < 4.78 is 10.7. The van der Waals surface area contributed by atoms with E-state index in [0.29, 0.717) is 11.5 Å². The summed E-state index contributed by atoms with van der Waals surface area (Å²) in [7, 11) is 0. The molecule has 0 aliphatic carbocycles. The Bertz CT molecular complexity index is 699. The van der Waals surface area contributed by atoms with Crippen molar-refractivity contribution in [1.29, 1.82) is 0 Å². The molecule has 0 N–H and O–H groups in total. The fourth-order valence-electron chi connectivity index (χ4n) is 1.85. The zero-order valence-electron chi connectivity index (χ0n) is 10.7. The van der Waals surface area contributed by atoms with Gasteiger partial charge in [-0.2, -0.15) is 0 Å². The normalized spacial score (nSPS) is 10.2. The third-order valence-electron chi connectivity index (χ3n) is 2.82. The van der Waals surface area contributed by atoms with E-state index in [1.165, 1.54) is 0 Å². The first-order valence-corrected chi connectivity index (χ1v) is 6.25. The minimum absolute atomic E-state index is 0.188. The Labute approximate surface area is 116 Å². The zero-order chi connectivity index (χ0) is 13.8. The summed E-state index contributed by atoms with van der Waals surface area (Å²) in [6, 6.07) is 21.9. The van der Waals surface area contributed by atoms with Gasteiger partial charge in [-0.1, -0.05) is 48.5 Å². The Kier molecular flexibility index (Phi) is 3.33. The van der Waals surface area contributed by atoms with Crippen LogP contribution in [0.2, 0.25) is 0 Å². The summed E-state index contributed by atoms with van der Waals surface area (Å²) in [6.07, 6.45) is 0. The zero-order valence-corrected chi connectivity index (χ0v) is 10.7. The van der Waals surface area contributed by atoms with Gasteiger partial charge in [0.15, 0.2) is 0 Å². The molecule has 0 aliphatic heterocycles. The molecule has 0 saturated heterocycles. The highest BCUT2D eigenvalue weighted by atomic mass is 16.5. The fourth-order valence-corrected chi connectivity index (χ4v) is 1.85. The van der Waals surface area contributed by atoms with Crippen LogP contribution in [0.3, 0.4) is 0 Å². The van der Waals surface area contributed by atoms with Crippen LogP contribution in [-0.2, 0) is 0 Å². The van der Waals surface area contributed by atoms with E-state index in [9.17, 15) is 4.79 Å². The Morgan fingerprint density at radius 3 is 2.15 bits per heavy atom. The molecule has 0 atom stereocenters. The van der Waals surface area contributed by atoms with Crippen molar-refractivity contribution in [1.82, 2.24) is 0 Å². The number of esters is 1. The van der Waals surface area contributed by atoms with Gasteiger partial charge >= 0.3 is 5.97 Å². The van der Waals surface area contributed by atoms with Gasteiger partial charge in [0, 0.05) is 5.56 Å². The van der Waals surface area contributed by atoms with E-state index in [4.69, 9.17) is 9.15 Å². The molecule has 20 heavy (non-hydrogen) atoms. The van der Waals surface area contributed by atoms with Crippen LogP contribution in [0.1, 0.15) is 10.6 Å². The number of rotatable bonds is 3. The molecule has 3 nitrogen and oxygen atoms in total. The summed E-state index contributed by atoms with van der Waals surface area (Å²) in [5.41, 5.74) is 0.922. The van der Waals surface area contributed by atoms with Crippen LogP contribution >= 0.6 is 0 Å². The van der Waals surface area contributed by atoms with Crippen LogP contribution in [-0.4, -0.2) is 5.97 Å². The number of carbonyl (C=O) groups is 1. The second-order valence-corrected chi connectivity index (χ2v) is 4.23. The maximum atomic E-state index is 11.9. The van der Waals surface area contributed by atoms with Gasteiger partial charge in [0.25, 0.3) is 0 Å². The van der Waals surface area contributed by atoms with E-state index < -0.39 is 5.97 Å². The Morgan fingerprint density at radius 1 is 0.800 bits per heavy atom. The van der Waals surface area contributed by atoms with Crippen LogP contribution in [0.25, 0.3) is 11.3 Å². The molecule has 1 heterocycles. The molecule has 98 valence electrons. The summed E-state index contributed by atoms with van der Waals surface area (Å²) in [5.74, 6) is 0.826. The summed E-state index contributed by atoms with van der Waals surface area (Å²) >= 11 is 0. The number of para-hydroxylation sites is 1. The molecule has 3 aromatic rings. The lowest BCUT2D eigenvalue weighted by atomic mass is 10.2. The van der Waals surface area contributed by atoms with E-state index in [1.54, 1.807) is 36.4 Å². The van der Waals surface area contributed by atoms with Crippen molar-refractivity contribution in [3.05, 3.63) is 78.6 Å². The first-order chi connectivity index (χ1) is 9.83. The number of hydrogen-bond donors (Lipinski definition) is 0. The monoisotopic (exact) mass is 264 g/mol. The smallest absolute Gasteiger partial charge is 0.379 e. The molecule has 0 amide bonds. The van der Waals surface area contributed by atoms with E-state index >= 15 is 0 Å². The van der Waals surface area contributed by atoms with Gasteiger partial charge < -0.3 is 9.15 Å². The molecule has 3 rings (SSSR count). The van der Waals surface area contributed by atoms with Gasteiger partial charge in [0.1, 0.15) is 11.5 Å². The number of benzene rings is 2. The van der Waals surface area contributed by atoms with Gasteiger partial charge in [0.2, 0.25) is 5.76 Å². The van der Waals surface area contributed by atoms with E-state index in [0.717, 1.165) is 5.56 Å². The molecule has 0 bridgehead atoms. The molecule has 0 radical (unpaired) electrons. The number of carbonyl (C=O) groups excluding carboxylic acids is 1. The molecule has 0 aliphatic rings. The van der Waals surface area contributed by atoms with E-state index in [1.807, 2.05) is 36.4 Å². The summed E-state index contributed by atoms with van der Waals surface area (Å²) in [6.45, 7) is 0. The maximum absolute atomic E-state index is 11.9. The largest absolute Gasteiger partial charge is 0.449 e. The van der Waals surface area contributed by atoms with Crippen LogP contribution < -0.4 is 4.74 Å². The van der Waals surface area contributed by atoms with E-state index in [-0.39, 0.29) is 5.76 Å². The van der Waals surface area contributed by atoms with Gasteiger partial charge in [0.05, 0.1) is 0 Å². The lowest BCUT2D eigenvalue weighted by Gasteiger charge is -2.01. The van der Waals surface area contributed by atoms with Crippen LogP contribution in [0.4, 0.5) is 0 Å². The lowest BCUT2D eigenvalue weighted by molar-refractivity contribution is 0.0702. The van der Waals surface area contributed by atoms with Gasteiger partial charge in [-0.3, -0.25) is 0 Å². The first kappa shape index (κ1) is 12.2. The molecule has 0 unspecified atom stereocenters. The van der Waals surface area contributed by atoms with Crippen LogP contribution in [0, 0.1) is 0 Å². The van der Waals surface area contributed by atoms with E-state index in [2.05, 4.69) is 0 Å². The predicted octanol–water partition coefficient (Wildman–Crippen LogP) is 4.17. The maximum Gasteiger partial charge on any atom is 0.379 e. The molecule has 0 saturated carbocycles. The van der Waals surface area contributed by atoms with Crippen molar-refractivity contribution in [2.75, 3.05) is 0 Å². The second-order valence-electron chi connectivity index (χ2n) is 4.23. The Hall–Kier alpha value is -2.81. The number of furan rings is 1. The molecular weight excluding hydrogens is 252 g/mol. The topological polar surface area (TPSA) is 39.4 Å². The number of hydrogen-bond acceptors (Lipinski definition) is 3. The quantitative estimate of drug-likeness (QED) is 0.526. The lowest BCUT2D eigenvalue weighted by Crippen LogP contribution is -2.06. The van der Waals surface area contributed by atoms with Crippen molar-refractivity contribution in [2.24, 2.45) is 0 Å². The van der Waals surface area contributed by atoms with Crippen molar-refractivity contribution < 1.29 is 13.9 Å². The SMILES string of the molecule is O=C(Oc1ccccc1)c1ccc(-c2ccccc2)o1. The van der Waals surface area contributed by atoms with Crippen molar-refractivity contribution >= 4 is 5.97 Å². The fraction of sp³-hybridized carbons (Fsp3) is 0. The molecular formula is C17H12O3. The third-order valence-corrected chi connectivity index (χ3v) is 2.82. The van der Waals surface area contributed by atoms with Gasteiger partial charge in [-0.15, -0.1) is 0 Å². The highest BCUT2D eigenvalue weighted by Gasteiger charge is 2.14. The van der Waals surface area contributed by atoms with Crippen LogP contribution in [0.15, 0.2) is 77.2 Å². The molecule has 0 fully saturated rings. The first-order valence-electron chi connectivity index (χ1n) is 6.25. The minimum atomic E-state index is -0.501. The molecule has 1 aromatic heterocycles. The third kappa shape index (κ3) is 2.62. The van der Waals surface area contributed by atoms with Crippen LogP contribution in [0.5, 0.6) is 5.75 Å². The Balaban J connectivity index is 1.79. The van der Waals surface area contributed by atoms with Gasteiger partial charge in [-0.05, 0) is 24.3 Å². The predicted molar refractivity (Wildman–Crippen MR) is 75.5 cm³/mol. The van der Waals surface area contributed by atoms with Gasteiger partial charge in [-0.25, -0.2) is 4.79 Å². The molecule has 0 spiro atoms. The summed E-state index contributed by atoms with van der Waals surface area (Å²) in [5, 5.41) is 0. The van der Waals surface area contributed by atoms with Crippen molar-refractivity contribution in [3.63, 3.8) is 0 Å². The average Bonchev–Trinajstić information content (AvgIpc) is 2.99. The Morgan fingerprint density at radius 2 is 1.45 bits per heavy atom. The second kappa shape index (κ2) is 5.45. The highest BCUT2D eigenvalue weighted by Crippen LogP contribution is 2.22. The van der Waals surface area contributed by atoms with Crippen molar-refractivity contribution in [2.45, 2.75) is 0 Å². The summed E-state index contributed by atoms with van der Waals surface area (Å²) in [4.78, 5) is 11.9. The molecule has 2 aromatic carbocycles. The standard InChI is InChI=1S/C17H12O3/c18-17(19-14-9-5-2-6-10-14)16-12-11-15(20-16)13-7-3-1-4-8-13/h1-12H.